The van der Waals surface area contributed by atoms with Crippen LogP contribution in [0.4, 0.5) is 0 Å². The highest BCUT2D eigenvalue weighted by Gasteiger charge is 2.06. The minimum Gasteiger partial charge on any atom is -0.493 e. The molecular weight excluding hydrogens is 360 g/mol. The van der Waals surface area contributed by atoms with E-state index in [2.05, 4.69) is 15.3 Å². The molecule has 2 aromatic carbocycles. The maximum atomic E-state index is 5.98. The minimum atomic E-state index is 0.397. The van der Waals surface area contributed by atoms with E-state index in [9.17, 15) is 0 Å². The Morgan fingerprint density at radius 2 is 2.16 bits per heavy atom. The zero-order chi connectivity index (χ0) is 17.6. The molecule has 25 heavy (non-hydrogen) atoms. The van der Waals surface area contributed by atoms with E-state index in [1.54, 1.807) is 13.3 Å². The van der Waals surface area contributed by atoms with Gasteiger partial charge in [-0.3, -0.25) is 5.10 Å². The van der Waals surface area contributed by atoms with Crippen LogP contribution in [-0.2, 0) is 6.61 Å². The molecule has 0 bridgehead atoms. The molecule has 0 aliphatic carbocycles. The smallest absolute Gasteiger partial charge is 0.216 e. The van der Waals surface area contributed by atoms with Gasteiger partial charge in [0.25, 0.3) is 0 Å². The molecule has 0 saturated heterocycles. The Balaban J connectivity index is 1.74. The number of nitrogens with one attached hydrogen (secondary N) is 1. The highest BCUT2D eigenvalue weighted by atomic mass is 35.5. The predicted octanol–water partition coefficient (Wildman–Crippen LogP) is 4.06. The van der Waals surface area contributed by atoms with Gasteiger partial charge in [-0.25, -0.2) is 0 Å². The van der Waals surface area contributed by atoms with Gasteiger partial charge in [0.15, 0.2) is 11.5 Å². The van der Waals surface area contributed by atoms with Crippen LogP contribution in [0.15, 0.2) is 53.9 Å². The standard InChI is InChI=1S/C17H15ClN4O2S/c1-23-16-8-12(9-20-22-11-19-21-17(22)25)5-6-15(16)24-10-13-3-2-4-14(18)7-13/h2-9,11H,10H2,1H3,(H,21,25)/b20-9+. The lowest BCUT2D eigenvalue weighted by Gasteiger charge is -2.11. The Morgan fingerprint density at radius 1 is 1.28 bits per heavy atom. The molecule has 0 fully saturated rings. The van der Waals surface area contributed by atoms with E-state index in [0.717, 1.165) is 11.1 Å². The van der Waals surface area contributed by atoms with Gasteiger partial charge in [-0.15, -0.1) is 0 Å². The average Bonchev–Trinajstić information content (AvgIpc) is 3.03. The molecule has 0 saturated carbocycles. The first-order valence-corrected chi connectivity index (χ1v) is 8.16. The molecule has 0 amide bonds. The molecule has 6 nitrogen and oxygen atoms in total. The van der Waals surface area contributed by atoms with Crippen LogP contribution in [-0.4, -0.2) is 28.2 Å². The number of H-pyrrole nitrogens is 1. The summed E-state index contributed by atoms with van der Waals surface area (Å²) in [6.45, 7) is 0.397. The Morgan fingerprint density at radius 3 is 2.88 bits per heavy atom. The molecule has 128 valence electrons. The van der Waals surface area contributed by atoms with Gasteiger partial charge in [-0.1, -0.05) is 23.7 Å². The lowest BCUT2D eigenvalue weighted by atomic mass is 10.2. The Labute approximate surface area is 154 Å². The third-order valence-electron chi connectivity index (χ3n) is 3.34. The van der Waals surface area contributed by atoms with E-state index in [-0.39, 0.29) is 0 Å². The van der Waals surface area contributed by atoms with Crippen molar-refractivity contribution in [3.05, 3.63) is 69.7 Å². The first-order chi connectivity index (χ1) is 12.2. The van der Waals surface area contributed by atoms with Gasteiger partial charge in [-0.2, -0.15) is 14.9 Å². The van der Waals surface area contributed by atoms with Crippen LogP contribution < -0.4 is 9.47 Å². The van der Waals surface area contributed by atoms with Gasteiger partial charge in [0.05, 0.1) is 13.3 Å². The van der Waals surface area contributed by atoms with Gasteiger partial charge < -0.3 is 9.47 Å². The van der Waals surface area contributed by atoms with E-state index in [0.29, 0.717) is 27.9 Å². The maximum Gasteiger partial charge on any atom is 0.216 e. The van der Waals surface area contributed by atoms with Crippen LogP contribution in [0.25, 0.3) is 0 Å². The number of nitrogens with zero attached hydrogens (tertiary/aromatic N) is 3. The molecule has 0 spiro atoms. The largest absolute Gasteiger partial charge is 0.493 e. The maximum absolute atomic E-state index is 5.98. The van der Waals surface area contributed by atoms with Crippen LogP contribution in [0.1, 0.15) is 11.1 Å². The van der Waals surface area contributed by atoms with E-state index in [4.69, 9.17) is 33.3 Å². The molecule has 3 aromatic rings. The second-order valence-electron chi connectivity index (χ2n) is 5.08. The van der Waals surface area contributed by atoms with Crippen molar-refractivity contribution in [1.29, 1.82) is 0 Å². The molecule has 0 atom stereocenters. The number of aromatic amines is 1. The number of rotatable bonds is 6. The summed E-state index contributed by atoms with van der Waals surface area (Å²) in [5, 5.41) is 11.3. The van der Waals surface area contributed by atoms with Crippen molar-refractivity contribution in [3.8, 4) is 11.5 Å². The summed E-state index contributed by atoms with van der Waals surface area (Å²) in [5.74, 6) is 1.25. The fourth-order valence-electron chi connectivity index (χ4n) is 2.13. The Kier molecular flexibility index (Phi) is 5.47. The predicted molar refractivity (Wildman–Crippen MR) is 99.2 cm³/mol. The van der Waals surface area contributed by atoms with Crippen LogP contribution in [0.3, 0.4) is 0 Å². The Hall–Kier alpha value is -2.64. The van der Waals surface area contributed by atoms with Crippen molar-refractivity contribution < 1.29 is 9.47 Å². The van der Waals surface area contributed by atoms with Crippen molar-refractivity contribution in [1.82, 2.24) is 14.9 Å². The zero-order valence-electron chi connectivity index (χ0n) is 13.3. The molecule has 3 rings (SSSR count). The lowest BCUT2D eigenvalue weighted by molar-refractivity contribution is 0.284. The summed E-state index contributed by atoms with van der Waals surface area (Å²) in [4.78, 5) is 0. The van der Waals surface area contributed by atoms with E-state index < -0.39 is 0 Å². The van der Waals surface area contributed by atoms with Gasteiger partial charge in [-0.05, 0) is 53.7 Å². The normalized spacial score (nSPS) is 11.0. The minimum absolute atomic E-state index is 0.397. The molecule has 0 aliphatic rings. The summed E-state index contributed by atoms with van der Waals surface area (Å²) >= 11 is 11.0. The molecule has 1 aromatic heterocycles. The highest BCUT2D eigenvalue weighted by molar-refractivity contribution is 7.71. The molecule has 1 N–H and O–H groups in total. The fourth-order valence-corrected chi connectivity index (χ4v) is 2.48. The van der Waals surface area contributed by atoms with Crippen molar-refractivity contribution in [2.24, 2.45) is 5.10 Å². The second kappa shape index (κ2) is 7.96. The van der Waals surface area contributed by atoms with Gasteiger partial charge in [0, 0.05) is 5.02 Å². The Bertz CT molecular complexity index is 952. The van der Waals surface area contributed by atoms with Crippen molar-refractivity contribution >= 4 is 30.0 Å². The molecule has 1 heterocycles. The number of aromatic nitrogens is 3. The first-order valence-electron chi connectivity index (χ1n) is 7.37. The molecule has 0 radical (unpaired) electrons. The van der Waals surface area contributed by atoms with Crippen molar-refractivity contribution in [3.63, 3.8) is 0 Å². The average molecular weight is 375 g/mol. The van der Waals surface area contributed by atoms with Gasteiger partial charge in [0.2, 0.25) is 4.77 Å². The monoisotopic (exact) mass is 374 g/mol. The third kappa shape index (κ3) is 4.46. The summed E-state index contributed by atoms with van der Waals surface area (Å²) < 4.78 is 13.1. The van der Waals surface area contributed by atoms with Crippen molar-refractivity contribution in [2.75, 3.05) is 7.11 Å². The number of halogens is 1. The van der Waals surface area contributed by atoms with Gasteiger partial charge in [0.1, 0.15) is 12.9 Å². The lowest BCUT2D eigenvalue weighted by Crippen LogP contribution is -1.98. The SMILES string of the molecule is COc1cc(/C=N/n2cn[nH]c2=S)ccc1OCc1cccc(Cl)c1. The number of hydrogen-bond donors (Lipinski definition) is 1. The number of hydrogen-bond acceptors (Lipinski definition) is 5. The van der Waals surface area contributed by atoms with E-state index in [1.807, 2.05) is 42.5 Å². The highest BCUT2D eigenvalue weighted by Crippen LogP contribution is 2.28. The summed E-state index contributed by atoms with van der Waals surface area (Å²) in [7, 11) is 1.59. The fraction of sp³-hybridized carbons (Fsp3) is 0.118. The topological polar surface area (TPSA) is 64.4 Å². The number of benzene rings is 2. The van der Waals surface area contributed by atoms with Crippen LogP contribution in [0.5, 0.6) is 11.5 Å². The second-order valence-corrected chi connectivity index (χ2v) is 5.90. The van der Waals surface area contributed by atoms with Crippen LogP contribution in [0.2, 0.25) is 5.02 Å². The van der Waals surface area contributed by atoms with E-state index >= 15 is 0 Å². The third-order valence-corrected chi connectivity index (χ3v) is 3.85. The van der Waals surface area contributed by atoms with Crippen LogP contribution >= 0.6 is 23.8 Å². The number of methoxy groups -OCH3 is 1. The zero-order valence-corrected chi connectivity index (χ0v) is 14.9. The molecule has 0 aliphatic heterocycles. The molecule has 8 heteroatoms. The first kappa shape index (κ1) is 17.2. The summed E-state index contributed by atoms with van der Waals surface area (Å²) in [5.41, 5.74) is 1.82. The quantitative estimate of drug-likeness (QED) is 0.522. The van der Waals surface area contributed by atoms with E-state index in [1.165, 1.54) is 11.0 Å². The molecular formula is C17H15ClN4O2S. The summed E-state index contributed by atoms with van der Waals surface area (Å²) in [6.07, 6.45) is 3.16. The summed E-state index contributed by atoms with van der Waals surface area (Å²) in [6, 6.07) is 13.1. The molecule has 0 unspecified atom stereocenters. The number of ether oxygens (including phenoxy) is 2. The van der Waals surface area contributed by atoms with Crippen molar-refractivity contribution in [2.45, 2.75) is 6.61 Å². The van der Waals surface area contributed by atoms with Gasteiger partial charge >= 0.3 is 0 Å². The van der Waals surface area contributed by atoms with Crippen LogP contribution in [0, 0.1) is 4.77 Å².